The number of unbranched alkanes of at least 4 members (excludes halogenated alkanes) is 1. The summed E-state index contributed by atoms with van der Waals surface area (Å²) in [7, 11) is 0. The monoisotopic (exact) mass is 1380 g/mol. The molecule has 13 amide bonds. The Morgan fingerprint density at radius 3 is 1.37 bits per heavy atom. The van der Waals surface area contributed by atoms with Crippen LogP contribution in [0, 0.1) is 23.7 Å². The number of primary amides is 2. The first-order valence-electron chi connectivity index (χ1n) is 32.7. The number of carboxylic acids is 1. The molecule has 0 radical (unpaired) electrons. The molecular weight excluding hydrogens is 1270 g/mol. The first-order chi connectivity index (χ1) is 45.5. The van der Waals surface area contributed by atoms with Crippen molar-refractivity contribution in [3.63, 3.8) is 0 Å². The van der Waals surface area contributed by atoms with E-state index in [0.717, 1.165) is 4.90 Å². The molecule has 550 valence electrons. The highest BCUT2D eigenvalue weighted by Gasteiger charge is 2.40. The van der Waals surface area contributed by atoms with Gasteiger partial charge in [-0.2, -0.15) is 0 Å². The summed E-state index contributed by atoms with van der Waals surface area (Å²) in [6.07, 6.45) is 0.423. The van der Waals surface area contributed by atoms with Crippen molar-refractivity contribution in [2.45, 2.75) is 218 Å². The molecule has 1 fully saturated rings. The summed E-state index contributed by atoms with van der Waals surface area (Å²) in [5, 5.41) is 45.4. The molecule has 28 N–H and O–H groups in total. The van der Waals surface area contributed by atoms with Crippen LogP contribution in [0.1, 0.15) is 152 Å². The zero-order valence-electron chi connectivity index (χ0n) is 57.1. The Balaban J connectivity index is 3.40. The van der Waals surface area contributed by atoms with Gasteiger partial charge in [0.1, 0.15) is 60.4 Å². The van der Waals surface area contributed by atoms with Gasteiger partial charge in [0.15, 0.2) is 11.9 Å². The summed E-state index contributed by atoms with van der Waals surface area (Å²) in [5.41, 5.74) is 44.0. The SMILES string of the molecule is CC[C@H](C)[C@H](NC(=O)[C@H](CC(C)C)NC(=O)[C@H](CO)NC(=O)[C@@H]1CCCN1C(=O)[C@@H](N)CC(N)=O)C(=O)N[C@@H](CC(N)=O)C(=O)NCC(=O)N[C@@H](CC(C)C)C(=O)N[C@@H](CCCCN)C(=O)N[C@@H](CC(C)C)C(=O)N[C@@H](CCCN=C(N)N)C(=O)N[C@@H](CCCN=C(N)N)C(=O)O. The molecule has 0 spiro atoms. The standard InChI is InChI=1S/C60H109N21O16/c1-9-33(8)47(80-53(91)40(25-32(6)7)77-54(92)42(29-82)79-55(93)43-18-14-22-81(43)57(95)34(62)26-44(63)83)56(94)78-41(27-45(64)84)48(86)71-28-46(85)72-38(23-30(2)3)51(89)73-35(15-10-11-19-61)50(88)76-39(24-31(4)5)52(90)74-36(16-12-20-69-59(65)66)49(87)75-37(58(96)97)17-13-21-70-60(67)68/h30-43,47,82H,9-29,61-62H2,1-8H3,(H2,63,83)(H2,64,84)(H,71,86)(H,72,85)(H,73,89)(H,74,90)(H,75,87)(H,76,88)(H,77,92)(H,78,94)(H,79,93)(H,80,91)(H,96,97)(H4,65,66,69)(H4,67,68,70)/t33-,34-,35-,36-,37-,38-,39-,40-,41-,42-,43-,47-/m0/s1. The highest BCUT2D eigenvalue weighted by atomic mass is 16.4. The highest BCUT2D eigenvalue weighted by molar-refractivity contribution is 6.00. The highest BCUT2D eigenvalue weighted by Crippen LogP contribution is 2.20. The Bertz CT molecular complexity index is 2730. The number of hydrogen-bond donors (Lipinski definition) is 20. The lowest BCUT2D eigenvalue weighted by atomic mass is 9.96. The van der Waals surface area contributed by atoms with Crippen LogP contribution in [0.2, 0.25) is 0 Å². The summed E-state index contributed by atoms with van der Waals surface area (Å²) >= 11 is 0. The number of aliphatic carboxylic acids is 1. The van der Waals surface area contributed by atoms with E-state index in [4.69, 9.17) is 45.9 Å². The van der Waals surface area contributed by atoms with Crippen molar-refractivity contribution in [3.8, 4) is 0 Å². The van der Waals surface area contributed by atoms with Gasteiger partial charge in [-0.05, 0) is 107 Å². The van der Waals surface area contributed by atoms with Crippen LogP contribution in [0.4, 0.5) is 0 Å². The molecule has 1 aliphatic heterocycles. The van der Waals surface area contributed by atoms with Crippen molar-refractivity contribution >= 4 is 94.7 Å². The normalized spacial score (nSPS) is 16.1. The number of hydrogen-bond acceptors (Lipinski definition) is 19. The average Bonchev–Trinajstić information content (AvgIpc) is 1.77. The number of carboxylic acid groups (broad SMARTS) is 1. The van der Waals surface area contributed by atoms with E-state index in [9.17, 15) is 77.3 Å². The van der Waals surface area contributed by atoms with Crippen LogP contribution < -0.4 is 99.0 Å². The Morgan fingerprint density at radius 2 is 0.928 bits per heavy atom. The molecule has 1 saturated heterocycles. The first kappa shape index (κ1) is 86.0. The van der Waals surface area contributed by atoms with Crippen molar-refractivity contribution < 1.29 is 77.3 Å². The van der Waals surface area contributed by atoms with Gasteiger partial charge in [-0.15, -0.1) is 0 Å². The van der Waals surface area contributed by atoms with Crippen LogP contribution in [0.15, 0.2) is 9.98 Å². The lowest BCUT2D eigenvalue weighted by Gasteiger charge is -2.30. The Labute approximate surface area is 565 Å². The van der Waals surface area contributed by atoms with E-state index in [-0.39, 0.29) is 120 Å². The molecule has 0 bridgehead atoms. The van der Waals surface area contributed by atoms with Crippen LogP contribution in [0.5, 0.6) is 0 Å². The van der Waals surface area contributed by atoms with Crippen LogP contribution in [0.25, 0.3) is 0 Å². The third kappa shape index (κ3) is 33.5. The number of aliphatic hydroxyl groups is 1. The Hall–Kier alpha value is -9.00. The van der Waals surface area contributed by atoms with E-state index in [1.807, 2.05) is 0 Å². The van der Waals surface area contributed by atoms with Gasteiger partial charge in [0.25, 0.3) is 0 Å². The zero-order valence-corrected chi connectivity index (χ0v) is 57.1. The van der Waals surface area contributed by atoms with Gasteiger partial charge in [0, 0.05) is 19.6 Å². The van der Waals surface area contributed by atoms with Gasteiger partial charge >= 0.3 is 5.97 Å². The summed E-state index contributed by atoms with van der Waals surface area (Å²) in [6, 6.07) is -15.4. The number of likely N-dealkylation sites (tertiary alicyclic amines) is 1. The predicted molar refractivity (Wildman–Crippen MR) is 356 cm³/mol. The molecule has 37 heteroatoms. The van der Waals surface area contributed by atoms with Gasteiger partial charge < -0.3 is 114 Å². The molecular formula is C60H109N21O16. The van der Waals surface area contributed by atoms with Gasteiger partial charge in [0.05, 0.1) is 32.0 Å². The number of amides is 13. The Kier molecular flexibility index (Phi) is 39.6. The van der Waals surface area contributed by atoms with E-state index < -0.39 is 181 Å². The third-order valence-electron chi connectivity index (χ3n) is 15.4. The second kappa shape index (κ2) is 44.7. The molecule has 97 heavy (non-hydrogen) atoms. The van der Waals surface area contributed by atoms with Crippen LogP contribution in [-0.4, -0.2) is 216 Å². The fraction of sp³-hybridized carbons (Fsp3) is 0.733. The van der Waals surface area contributed by atoms with Crippen LogP contribution >= 0.6 is 0 Å². The fourth-order valence-corrected chi connectivity index (χ4v) is 10.2. The van der Waals surface area contributed by atoms with Crippen molar-refractivity contribution in [3.05, 3.63) is 0 Å². The van der Waals surface area contributed by atoms with Gasteiger partial charge in [-0.1, -0.05) is 61.8 Å². The maximum Gasteiger partial charge on any atom is 0.326 e. The van der Waals surface area contributed by atoms with Crippen molar-refractivity contribution in [2.24, 2.45) is 79.5 Å². The molecule has 1 heterocycles. The van der Waals surface area contributed by atoms with E-state index in [1.165, 1.54) is 0 Å². The lowest BCUT2D eigenvalue weighted by Crippen LogP contribution is -2.61. The van der Waals surface area contributed by atoms with E-state index in [0.29, 0.717) is 19.3 Å². The topological polar surface area (TPSA) is 636 Å². The van der Waals surface area contributed by atoms with Crippen molar-refractivity contribution in [2.75, 3.05) is 39.3 Å². The van der Waals surface area contributed by atoms with E-state index in [2.05, 4.69) is 63.2 Å². The quantitative estimate of drug-likeness (QED) is 0.0153. The minimum Gasteiger partial charge on any atom is -0.480 e. The molecule has 12 atom stereocenters. The molecule has 0 unspecified atom stereocenters. The summed E-state index contributed by atoms with van der Waals surface area (Å²) < 4.78 is 0. The second-order valence-corrected chi connectivity index (χ2v) is 25.4. The number of carbonyl (C=O) groups excluding carboxylic acids is 13. The van der Waals surface area contributed by atoms with E-state index in [1.54, 1.807) is 55.4 Å². The first-order valence-corrected chi connectivity index (χ1v) is 32.7. The molecule has 1 rings (SSSR count). The smallest absolute Gasteiger partial charge is 0.326 e. The van der Waals surface area contributed by atoms with Crippen LogP contribution in [0.3, 0.4) is 0 Å². The number of carbonyl (C=O) groups is 14. The molecule has 0 aromatic carbocycles. The summed E-state index contributed by atoms with van der Waals surface area (Å²) in [6.45, 7) is 12.4. The Morgan fingerprint density at radius 1 is 0.505 bits per heavy atom. The number of guanidine groups is 2. The minimum atomic E-state index is -1.74. The summed E-state index contributed by atoms with van der Waals surface area (Å²) in [5.74, 6) is -14.9. The van der Waals surface area contributed by atoms with Crippen molar-refractivity contribution in [1.82, 2.24) is 58.1 Å². The number of aliphatic hydroxyl groups excluding tert-OH is 1. The number of nitrogens with one attached hydrogen (secondary N) is 10. The maximum absolute atomic E-state index is 14.3. The van der Waals surface area contributed by atoms with Crippen LogP contribution in [-0.2, 0) is 67.1 Å². The van der Waals surface area contributed by atoms with Gasteiger partial charge in [0.2, 0.25) is 76.8 Å². The maximum atomic E-state index is 14.3. The molecule has 0 aliphatic carbocycles. The number of aliphatic imine (C=N–C) groups is 2. The average molecular weight is 1380 g/mol. The predicted octanol–water partition coefficient (Wildman–Crippen LogP) is -6.97. The largest absolute Gasteiger partial charge is 0.480 e. The molecule has 1 aliphatic rings. The van der Waals surface area contributed by atoms with Gasteiger partial charge in [-0.3, -0.25) is 72.3 Å². The third-order valence-corrected chi connectivity index (χ3v) is 15.4. The number of nitrogens with two attached hydrogens (primary N) is 8. The molecule has 0 aromatic rings. The van der Waals surface area contributed by atoms with Gasteiger partial charge in [-0.25, -0.2) is 4.79 Å². The molecule has 0 aromatic heterocycles. The zero-order chi connectivity index (χ0) is 73.8. The second-order valence-electron chi connectivity index (χ2n) is 25.4. The lowest BCUT2D eigenvalue weighted by molar-refractivity contribution is -0.142. The van der Waals surface area contributed by atoms with E-state index >= 15 is 0 Å². The molecule has 37 nitrogen and oxygen atoms in total. The van der Waals surface area contributed by atoms with Crippen molar-refractivity contribution in [1.29, 1.82) is 0 Å². The summed E-state index contributed by atoms with van der Waals surface area (Å²) in [4.78, 5) is 197. The fourth-order valence-electron chi connectivity index (χ4n) is 10.2. The number of rotatable bonds is 47. The minimum absolute atomic E-state index is 0.000304. The molecule has 0 saturated carbocycles. The number of nitrogens with zero attached hydrogens (tertiary/aromatic N) is 3.